The molecular weight excluding hydrogens is 270 g/mol. The van der Waals surface area contributed by atoms with E-state index in [-0.39, 0.29) is 5.78 Å². The number of aryl methyl sites for hydroxylation is 2. The fraction of sp³-hybridized carbons (Fsp3) is 0.636. The standard InChI is InChI=1S/C11H18BrN3O/c1-7-10(12)8(15(5)14-7)6-9(16)11(2,3)13-4/h13H,6H2,1-5H3. The van der Waals surface area contributed by atoms with E-state index in [1.165, 1.54) is 0 Å². The number of ketones is 1. The smallest absolute Gasteiger partial charge is 0.158 e. The van der Waals surface area contributed by atoms with Crippen LogP contribution in [0.3, 0.4) is 0 Å². The Morgan fingerprint density at radius 2 is 2.12 bits per heavy atom. The van der Waals surface area contributed by atoms with E-state index >= 15 is 0 Å². The molecule has 5 heteroatoms. The van der Waals surface area contributed by atoms with Crippen LogP contribution in [0.4, 0.5) is 0 Å². The number of aromatic nitrogens is 2. The Morgan fingerprint density at radius 1 is 1.56 bits per heavy atom. The molecule has 0 radical (unpaired) electrons. The molecule has 0 fully saturated rings. The number of carbonyl (C=O) groups excluding carboxylic acids is 1. The van der Waals surface area contributed by atoms with Crippen molar-refractivity contribution in [2.24, 2.45) is 7.05 Å². The van der Waals surface area contributed by atoms with Gasteiger partial charge in [-0.2, -0.15) is 5.10 Å². The number of halogens is 1. The Hall–Kier alpha value is -0.680. The van der Waals surface area contributed by atoms with Crippen LogP contribution >= 0.6 is 15.9 Å². The fourth-order valence-corrected chi connectivity index (χ4v) is 1.86. The van der Waals surface area contributed by atoms with Gasteiger partial charge in [-0.1, -0.05) is 0 Å². The summed E-state index contributed by atoms with van der Waals surface area (Å²) in [7, 11) is 3.65. The van der Waals surface area contributed by atoms with Crippen LogP contribution in [0, 0.1) is 6.92 Å². The zero-order chi connectivity index (χ0) is 12.5. The van der Waals surface area contributed by atoms with Crippen LogP contribution in [0.5, 0.6) is 0 Å². The van der Waals surface area contributed by atoms with Crippen molar-refractivity contribution in [2.75, 3.05) is 7.05 Å². The number of carbonyl (C=O) groups is 1. The molecule has 1 heterocycles. The SMILES string of the molecule is CNC(C)(C)C(=O)Cc1c(Br)c(C)nn1C. The van der Waals surface area contributed by atoms with Crippen molar-refractivity contribution in [3.8, 4) is 0 Å². The summed E-state index contributed by atoms with van der Waals surface area (Å²) in [6, 6.07) is 0. The molecule has 90 valence electrons. The number of hydrogen-bond donors (Lipinski definition) is 1. The first-order valence-electron chi connectivity index (χ1n) is 5.19. The highest BCUT2D eigenvalue weighted by molar-refractivity contribution is 9.10. The molecule has 1 rings (SSSR count). The molecule has 0 bridgehead atoms. The number of hydrogen-bond acceptors (Lipinski definition) is 3. The Morgan fingerprint density at radius 3 is 2.50 bits per heavy atom. The minimum atomic E-state index is -0.502. The summed E-state index contributed by atoms with van der Waals surface area (Å²) < 4.78 is 2.68. The molecule has 1 N–H and O–H groups in total. The molecule has 16 heavy (non-hydrogen) atoms. The largest absolute Gasteiger partial charge is 0.308 e. The van der Waals surface area contributed by atoms with Gasteiger partial charge < -0.3 is 5.32 Å². The second-order valence-corrected chi connectivity index (χ2v) is 5.24. The number of rotatable bonds is 4. The van der Waals surface area contributed by atoms with Crippen LogP contribution in [-0.2, 0) is 18.3 Å². The van der Waals surface area contributed by atoms with Gasteiger partial charge in [0.15, 0.2) is 5.78 Å². The molecule has 4 nitrogen and oxygen atoms in total. The van der Waals surface area contributed by atoms with Crippen LogP contribution < -0.4 is 5.32 Å². The Labute approximate surface area is 105 Å². The lowest BCUT2D eigenvalue weighted by Crippen LogP contribution is -2.45. The van der Waals surface area contributed by atoms with Gasteiger partial charge in [-0.3, -0.25) is 9.48 Å². The van der Waals surface area contributed by atoms with Gasteiger partial charge >= 0.3 is 0 Å². The van der Waals surface area contributed by atoms with Gasteiger partial charge in [0.1, 0.15) is 0 Å². The minimum absolute atomic E-state index is 0.152. The van der Waals surface area contributed by atoms with E-state index in [1.54, 1.807) is 11.7 Å². The fourth-order valence-electron chi connectivity index (χ4n) is 1.38. The Bertz CT molecular complexity index is 410. The third-order valence-corrected chi connectivity index (χ3v) is 3.94. The van der Waals surface area contributed by atoms with Crippen molar-refractivity contribution >= 4 is 21.7 Å². The average molecular weight is 288 g/mol. The summed E-state index contributed by atoms with van der Waals surface area (Å²) in [5.41, 5.74) is 1.33. The summed E-state index contributed by atoms with van der Waals surface area (Å²) in [5.74, 6) is 0.152. The van der Waals surface area contributed by atoms with Crippen LogP contribution in [0.1, 0.15) is 25.2 Å². The first-order valence-corrected chi connectivity index (χ1v) is 5.99. The van der Waals surface area contributed by atoms with E-state index in [9.17, 15) is 4.79 Å². The molecule has 1 aromatic heterocycles. The second-order valence-electron chi connectivity index (χ2n) is 4.44. The predicted molar refractivity (Wildman–Crippen MR) is 67.5 cm³/mol. The van der Waals surface area contributed by atoms with Crippen LogP contribution in [-0.4, -0.2) is 28.2 Å². The zero-order valence-electron chi connectivity index (χ0n) is 10.4. The van der Waals surface area contributed by atoms with E-state index in [4.69, 9.17) is 0 Å². The highest BCUT2D eigenvalue weighted by Gasteiger charge is 2.27. The monoisotopic (exact) mass is 287 g/mol. The normalized spacial score (nSPS) is 11.9. The molecule has 0 aliphatic rings. The van der Waals surface area contributed by atoms with Crippen molar-refractivity contribution in [1.82, 2.24) is 15.1 Å². The Kier molecular flexibility index (Phi) is 3.91. The van der Waals surface area contributed by atoms with Gasteiger partial charge in [0.2, 0.25) is 0 Å². The molecular formula is C11H18BrN3O. The molecule has 0 unspecified atom stereocenters. The third kappa shape index (κ3) is 2.52. The van der Waals surface area contributed by atoms with E-state index in [0.717, 1.165) is 15.9 Å². The number of nitrogens with zero attached hydrogens (tertiary/aromatic N) is 2. The summed E-state index contributed by atoms with van der Waals surface area (Å²) in [4.78, 5) is 12.1. The minimum Gasteiger partial charge on any atom is -0.308 e. The van der Waals surface area contributed by atoms with E-state index < -0.39 is 5.54 Å². The molecule has 0 aromatic carbocycles. The molecule has 0 saturated carbocycles. The van der Waals surface area contributed by atoms with Crippen molar-refractivity contribution < 1.29 is 4.79 Å². The predicted octanol–water partition coefficient (Wildman–Crippen LogP) is 1.60. The molecule has 0 spiro atoms. The topological polar surface area (TPSA) is 46.9 Å². The lowest BCUT2D eigenvalue weighted by Gasteiger charge is -2.22. The average Bonchev–Trinajstić information content (AvgIpc) is 2.45. The van der Waals surface area contributed by atoms with Gasteiger partial charge in [-0.05, 0) is 43.7 Å². The molecule has 0 saturated heterocycles. The Balaban J connectivity index is 2.94. The summed E-state index contributed by atoms with van der Waals surface area (Å²) in [6.45, 7) is 5.68. The zero-order valence-corrected chi connectivity index (χ0v) is 12.0. The molecule has 0 aliphatic heterocycles. The first kappa shape index (κ1) is 13.4. The maximum Gasteiger partial charge on any atom is 0.158 e. The van der Waals surface area contributed by atoms with Gasteiger partial charge in [0.05, 0.1) is 27.8 Å². The van der Waals surface area contributed by atoms with Crippen LogP contribution in [0.25, 0.3) is 0 Å². The second kappa shape index (κ2) is 4.67. The molecule has 0 amide bonds. The molecule has 0 aliphatic carbocycles. The van der Waals surface area contributed by atoms with Gasteiger partial charge in [-0.15, -0.1) is 0 Å². The van der Waals surface area contributed by atoms with E-state index in [2.05, 4.69) is 26.3 Å². The van der Waals surface area contributed by atoms with E-state index in [0.29, 0.717) is 6.42 Å². The maximum absolute atomic E-state index is 12.1. The lowest BCUT2D eigenvalue weighted by atomic mass is 9.96. The summed E-state index contributed by atoms with van der Waals surface area (Å²) in [5, 5.41) is 7.28. The number of nitrogens with one attached hydrogen (secondary N) is 1. The number of Topliss-reactive ketones (excluding diaryl/α,β-unsaturated/α-hetero) is 1. The quantitative estimate of drug-likeness (QED) is 0.915. The van der Waals surface area contributed by atoms with Crippen molar-refractivity contribution in [2.45, 2.75) is 32.7 Å². The first-order chi connectivity index (χ1) is 7.29. The molecule has 0 atom stereocenters. The van der Waals surface area contributed by atoms with Crippen molar-refractivity contribution in [3.05, 3.63) is 15.9 Å². The maximum atomic E-state index is 12.1. The molecule has 1 aromatic rings. The highest BCUT2D eigenvalue weighted by Crippen LogP contribution is 2.22. The number of likely N-dealkylation sites (N-methyl/N-ethyl adjacent to an activating group) is 1. The summed E-state index contributed by atoms with van der Waals surface area (Å²) >= 11 is 3.46. The van der Waals surface area contributed by atoms with Crippen LogP contribution in [0.15, 0.2) is 4.47 Å². The third-order valence-electron chi connectivity index (χ3n) is 2.91. The van der Waals surface area contributed by atoms with Gasteiger partial charge in [-0.25, -0.2) is 0 Å². The van der Waals surface area contributed by atoms with Gasteiger partial charge in [0, 0.05) is 7.05 Å². The summed E-state index contributed by atoms with van der Waals surface area (Å²) in [6.07, 6.45) is 0.381. The highest BCUT2D eigenvalue weighted by atomic mass is 79.9. The van der Waals surface area contributed by atoms with Gasteiger partial charge in [0.25, 0.3) is 0 Å². The van der Waals surface area contributed by atoms with Crippen LogP contribution in [0.2, 0.25) is 0 Å². The van der Waals surface area contributed by atoms with Crippen molar-refractivity contribution in [1.29, 1.82) is 0 Å². The lowest BCUT2D eigenvalue weighted by molar-refractivity contribution is -0.123. The van der Waals surface area contributed by atoms with E-state index in [1.807, 2.05) is 27.8 Å². The van der Waals surface area contributed by atoms with Crippen molar-refractivity contribution in [3.63, 3.8) is 0 Å².